The van der Waals surface area contributed by atoms with E-state index in [4.69, 9.17) is 0 Å². The lowest BCUT2D eigenvalue weighted by atomic mass is 9.76. The van der Waals surface area contributed by atoms with E-state index in [9.17, 15) is 61.2 Å². The highest BCUT2D eigenvalue weighted by molar-refractivity contribution is 7.90. The van der Waals surface area contributed by atoms with Gasteiger partial charge in [0.1, 0.15) is 34.5 Å². The number of carbonyl (C=O) groups excluding carboxylic acids is 11. The van der Waals surface area contributed by atoms with Crippen molar-refractivity contribution in [3.05, 3.63) is 124 Å². The molecule has 0 radical (unpaired) electrons. The van der Waals surface area contributed by atoms with Crippen molar-refractivity contribution in [1.29, 1.82) is 0 Å². The Morgan fingerprint density at radius 3 is 0.955 bits per heavy atom. The molecule has 2 aromatic carbocycles. The molecule has 0 aliphatic carbocycles. The minimum absolute atomic E-state index is 0.00699. The van der Waals surface area contributed by atoms with Crippen molar-refractivity contribution < 1.29 is 61.2 Å². The number of ketones is 11. The topological polar surface area (TPSA) is 248 Å². The maximum atomic E-state index is 11.9. The predicted molar refractivity (Wildman–Crippen MR) is 353 cm³/mol. The minimum atomic E-state index is -3.19. The number of nitrogens with zero attached hydrogens (tertiary/aromatic N) is 2. The van der Waals surface area contributed by atoms with Gasteiger partial charge in [-0.25, -0.2) is 8.42 Å². The Morgan fingerprint density at radius 1 is 0.409 bits per heavy atom. The van der Waals surface area contributed by atoms with Crippen LogP contribution in [0, 0.1) is 50.2 Å². The summed E-state index contributed by atoms with van der Waals surface area (Å²) < 4.78 is 22.5. The highest BCUT2D eigenvalue weighted by atomic mass is 32.2. The van der Waals surface area contributed by atoms with E-state index < -0.39 is 32.0 Å². The lowest BCUT2D eigenvalue weighted by molar-refractivity contribution is -0.138. The largest absolute Gasteiger partial charge is 0.299 e. The summed E-state index contributed by atoms with van der Waals surface area (Å²) in [6.45, 7) is 50.7. The van der Waals surface area contributed by atoms with Gasteiger partial charge in [-0.15, -0.1) is 0 Å². The fourth-order valence-electron chi connectivity index (χ4n) is 6.73. The first-order valence-electron chi connectivity index (χ1n) is 29.5. The summed E-state index contributed by atoms with van der Waals surface area (Å²) in [5, 5.41) is 0. The quantitative estimate of drug-likeness (QED) is 0.0892. The number of carbonyl (C=O) groups is 11. The molecule has 88 heavy (non-hydrogen) atoms. The molecule has 2 aromatic heterocycles. The number of benzene rings is 2. The summed E-state index contributed by atoms with van der Waals surface area (Å²) in [6.07, 6.45) is 4.71. The van der Waals surface area contributed by atoms with Gasteiger partial charge in [-0.1, -0.05) is 196 Å². The van der Waals surface area contributed by atoms with Crippen LogP contribution in [-0.2, 0) is 29.0 Å². The van der Waals surface area contributed by atoms with Gasteiger partial charge in [0, 0.05) is 98.2 Å². The number of Topliss-reactive ketones (excluding diaryl/α,β-unsaturated/α-hetero) is 11. The second-order valence-corrected chi connectivity index (χ2v) is 30.5. The molecule has 0 spiro atoms. The van der Waals surface area contributed by atoms with Crippen molar-refractivity contribution in [3.63, 3.8) is 0 Å². The van der Waals surface area contributed by atoms with Crippen LogP contribution in [0.4, 0.5) is 0 Å². The Kier molecular flexibility index (Phi) is 34.8. The fourth-order valence-corrected chi connectivity index (χ4v) is 7.36. The first kappa shape index (κ1) is 85.3. The van der Waals surface area contributed by atoms with E-state index in [1.807, 2.05) is 159 Å². The molecule has 0 saturated carbocycles. The molecule has 0 N–H and O–H groups in total. The molecule has 0 saturated heterocycles. The second kappa shape index (κ2) is 35.9. The van der Waals surface area contributed by atoms with Gasteiger partial charge in [0.2, 0.25) is 0 Å². The van der Waals surface area contributed by atoms with Gasteiger partial charge in [-0.3, -0.25) is 62.7 Å². The van der Waals surface area contributed by atoms with E-state index in [1.54, 1.807) is 67.6 Å². The molecule has 0 bridgehead atoms. The normalized spacial score (nSPS) is 11.8. The van der Waals surface area contributed by atoms with Gasteiger partial charge in [0.25, 0.3) is 0 Å². The third-order valence-corrected chi connectivity index (χ3v) is 13.9. The monoisotopic (exact) mass is 1240 g/mol. The van der Waals surface area contributed by atoms with Crippen LogP contribution in [0.15, 0.2) is 90.1 Å². The van der Waals surface area contributed by atoms with Gasteiger partial charge >= 0.3 is 0 Å². The first-order chi connectivity index (χ1) is 39.4. The number of rotatable bonds is 13. The number of sulfone groups is 1. The average Bonchev–Trinajstić information content (AvgIpc) is 3.38. The molecule has 488 valence electrons. The molecule has 4 aromatic rings. The third kappa shape index (κ3) is 32.9. The van der Waals surface area contributed by atoms with Crippen LogP contribution in [0.1, 0.15) is 273 Å². The van der Waals surface area contributed by atoms with E-state index >= 15 is 0 Å². The Balaban J connectivity index is -0.000000972. The van der Waals surface area contributed by atoms with E-state index in [0.29, 0.717) is 51.4 Å². The molecule has 1 atom stereocenters. The van der Waals surface area contributed by atoms with Gasteiger partial charge in [0.05, 0.1) is 10.8 Å². The summed E-state index contributed by atoms with van der Waals surface area (Å²) in [4.78, 5) is 133. The lowest BCUT2D eigenvalue weighted by Crippen LogP contribution is -2.35. The molecule has 0 aliphatic heterocycles. The maximum absolute atomic E-state index is 11.9. The van der Waals surface area contributed by atoms with E-state index in [-0.39, 0.29) is 90.8 Å². The number of pyridine rings is 2. The lowest BCUT2D eigenvalue weighted by Gasteiger charge is -2.25. The Morgan fingerprint density at radius 2 is 0.739 bits per heavy atom. The van der Waals surface area contributed by atoms with Gasteiger partial charge < -0.3 is 0 Å². The van der Waals surface area contributed by atoms with Crippen molar-refractivity contribution in [2.75, 3.05) is 6.26 Å². The standard InChI is InChI=1S/C13H16O2.C12H15NO2.C12H16O3S.C11H13NO2.C11H20O2.C7H14O.C6H12O/c1-9(14)10-5-7-11(8-6-10)12(15)13(2,3)4;1-8(14)9-5-6-10(13-7-9)11(15)12(2,3)4;1-12(2,3)11(13)9-5-7-10(8-6-9)16(4,14)15;1-7(2)11(14)9-4-5-10(8(3)13)12-6-9;1-7(2)9(8(3)12)10(13)11(4,5)6;1-5-6(8)7(2,3)4;1-5(7)6(2,3)4/h5-8H,1-4H3;5-7H,1-4H3;5-8H,1-4H3;4-7H,1-3H3;7,9H,1-6H3;5H2,1-4H3;1-4H3. The van der Waals surface area contributed by atoms with Crippen LogP contribution < -0.4 is 0 Å². The summed E-state index contributed by atoms with van der Waals surface area (Å²) in [5.74, 6) is 0.255. The van der Waals surface area contributed by atoms with E-state index in [2.05, 4.69) is 9.97 Å². The molecule has 4 rings (SSSR count). The van der Waals surface area contributed by atoms with Gasteiger partial charge in [-0.2, -0.15) is 0 Å². The first-order valence-corrected chi connectivity index (χ1v) is 31.4. The highest BCUT2D eigenvalue weighted by Gasteiger charge is 2.34. The van der Waals surface area contributed by atoms with Gasteiger partial charge in [-0.05, 0) is 70.0 Å². The zero-order valence-corrected chi connectivity index (χ0v) is 59.4. The number of aromatic nitrogens is 2. The van der Waals surface area contributed by atoms with Crippen LogP contribution in [0.3, 0.4) is 0 Å². The smallest absolute Gasteiger partial charge is 0.186 e. The summed E-state index contributed by atoms with van der Waals surface area (Å²) in [7, 11) is -3.19. The Bertz CT molecular complexity index is 3040. The summed E-state index contributed by atoms with van der Waals surface area (Å²) in [6, 6.07) is 19.3. The van der Waals surface area contributed by atoms with Crippen molar-refractivity contribution in [2.24, 2.45) is 50.2 Å². The van der Waals surface area contributed by atoms with E-state index in [1.165, 1.54) is 52.2 Å². The zero-order valence-electron chi connectivity index (χ0n) is 58.6. The van der Waals surface area contributed by atoms with Crippen LogP contribution in [0.2, 0.25) is 0 Å². The molecule has 0 amide bonds. The molecule has 0 aliphatic rings. The maximum Gasteiger partial charge on any atom is 0.186 e. The highest BCUT2D eigenvalue weighted by Crippen LogP contribution is 2.27. The number of hydrogen-bond acceptors (Lipinski definition) is 15. The molecule has 16 heteroatoms. The van der Waals surface area contributed by atoms with Crippen LogP contribution >= 0.6 is 0 Å². The third-order valence-electron chi connectivity index (χ3n) is 12.8. The molecular formula is C72H106N2O13S. The van der Waals surface area contributed by atoms with Crippen LogP contribution in [-0.4, -0.2) is 88.3 Å². The summed E-state index contributed by atoms with van der Waals surface area (Å²) >= 11 is 0. The molecule has 1 unspecified atom stereocenters. The van der Waals surface area contributed by atoms with Gasteiger partial charge in [0.15, 0.2) is 50.3 Å². The average molecular weight is 1240 g/mol. The predicted octanol–water partition coefficient (Wildman–Crippen LogP) is 16.2. The summed E-state index contributed by atoms with van der Waals surface area (Å²) in [5.41, 5.74) is 1.78. The van der Waals surface area contributed by atoms with Crippen molar-refractivity contribution in [2.45, 2.75) is 205 Å². The fraction of sp³-hybridized carbons (Fsp3) is 0.542. The van der Waals surface area contributed by atoms with Crippen molar-refractivity contribution in [3.8, 4) is 0 Å². The SMILES string of the molecule is CC(=O)C(C(=O)C(C)(C)C)C(C)C.CC(=O)C(C)(C)C.CC(=O)c1ccc(C(=O)C(C)(C)C)cc1.CC(=O)c1ccc(C(=O)C(C)(C)C)nc1.CC(=O)c1ccc(C(=O)C(C)C)cn1.CC(C)(C)C(=O)c1ccc(S(C)(=O)=O)cc1.CCC(=O)C(C)(C)C. The second-order valence-electron chi connectivity index (χ2n) is 28.4. The number of hydrogen-bond donors (Lipinski definition) is 0. The Hall–Kier alpha value is -6.94. The van der Waals surface area contributed by atoms with Crippen LogP contribution in [0.25, 0.3) is 0 Å². The van der Waals surface area contributed by atoms with E-state index in [0.717, 1.165) is 6.26 Å². The molecule has 2 heterocycles. The Labute approximate surface area is 528 Å². The molecule has 0 fully saturated rings. The van der Waals surface area contributed by atoms with Crippen molar-refractivity contribution in [1.82, 2.24) is 9.97 Å². The zero-order chi connectivity index (χ0) is 70.2. The molecular weight excluding hydrogens is 1130 g/mol. The van der Waals surface area contributed by atoms with Crippen LogP contribution in [0.5, 0.6) is 0 Å². The molecule has 15 nitrogen and oxygen atoms in total. The van der Waals surface area contributed by atoms with Crippen molar-refractivity contribution >= 4 is 73.5 Å². The minimum Gasteiger partial charge on any atom is -0.299 e.